The molecule has 2 aliphatic heterocycles. The summed E-state index contributed by atoms with van der Waals surface area (Å²) in [5.41, 5.74) is 25.7. The van der Waals surface area contributed by atoms with Gasteiger partial charge >= 0.3 is 0 Å². The second kappa shape index (κ2) is 30.1. The van der Waals surface area contributed by atoms with Gasteiger partial charge in [0, 0.05) is 48.9 Å². The molecule has 24 nitrogen and oxygen atoms in total. The molecule has 502 valence electrons. The van der Waals surface area contributed by atoms with E-state index >= 15 is 0 Å². The van der Waals surface area contributed by atoms with Gasteiger partial charge < -0.3 is 46.5 Å². The van der Waals surface area contributed by atoms with Gasteiger partial charge in [-0.2, -0.15) is 15.3 Å². The molecule has 7 N–H and O–H groups in total. The fraction of sp³-hybridized carbons (Fsp3) is 0.211. The zero-order valence-electron chi connectivity index (χ0n) is 54.7. The van der Waals surface area contributed by atoms with Gasteiger partial charge in [0.15, 0.2) is 16.9 Å². The highest BCUT2D eigenvalue weighted by molar-refractivity contribution is 6.00. The van der Waals surface area contributed by atoms with E-state index in [0.717, 1.165) is 125 Å². The SMILES string of the molecule is C#CC(=O)N1CCCC(n2nc(-c3ccc(Oc4ccccc4)cc3)c3c(N)ncnc32)C1.C=CC(=O)N1CCC(n2nc(-c3ccc(Oc4ccccc4)cc3)c3c(N)ncnc32)CC1.C=CC(=O)NC1CCC(n2nc(-c3ccc(Oc4ccccc4)cc3)c3c(N)ncnc32)CC1. The predicted molar refractivity (Wildman–Crippen MR) is 383 cm³/mol. The predicted octanol–water partition coefficient (Wildman–Crippen LogP) is 12.5. The number of para-hydroxylation sites is 3. The maximum atomic E-state index is 12.1. The molecule has 1 aliphatic carbocycles. The molecule has 0 spiro atoms. The van der Waals surface area contributed by atoms with Crippen molar-refractivity contribution in [2.24, 2.45) is 0 Å². The Morgan fingerprint density at radius 1 is 0.450 bits per heavy atom. The maximum absolute atomic E-state index is 12.1. The number of terminal acetylenes is 1. The Morgan fingerprint density at radius 3 is 1.19 bits per heavy atom. The number of benzene rings is 6. The van der Waals surface area contributed by atoms with Crippen molar-refractivity contribution in [3.8, 4) is 80.6 Å². The average Bonchev–Trinajstić information content (AvgIpc) is 1.63. The first-order chi connectivity index (χ1) is 48.9. The highest BCUT2D eigenvalue weighted by Crippen LogP contribution is 2.40. The van der Waals surface area contributed by atoms with Gasteiger partial charge in [-0.3, -0.25) is 14.4 Å². The highest BCUT2D eigenvalue weighted by Gasteiger charge is 2.31. The molecule has 6 aromatic heterocycles. The average molecular weight is 1330 g/mol. The summed E-state index contributed by atoms with van der Waals surface area (Å²) < 4.78 is 23.5. The van der Waals surface area contributed by atoms with Crippen molar-refractivity contribution in [2.45, 2.75) is 75.5 Å². The molecule has 8 heterocycles. The number of carbonyl (C=O) groups is 3. The van der Waals surface area contributed by atoms with E-state index in [9.17, 15) is 14.4 Å². The Labute approximate surface area is 576 Å². The van der Waals surface area contributed by atoms with E-state index in [1.807, 2.05) is 183 Å². The minimum absolute atomic E-state index is 0.0381. The number of hydrogen-bond donors (Lipinski definition) is 4. The molecule has 24 heteroatoms. The van der Waals surface area contributed by atoms with Crippen molar-refractivity contribution < 1.29 is 28.6 Å². The first kappa shape index (κ1) is 65.9. The molecule has 15 rings (SSSR count). The summed E-state index contributed by atoms with van der Waals surface area (Å²) in [6.07, 6.45) is 19.1. The maximum Gasteiger partial charge on any atom is 0.298 e. The molecule has 3 fully saturated rings. The van der Waals surface area contributed by atoms with Gasteiger partial charge in [0.25, 0.3) is 5.91 Å². The van der Waals surface area contributed by atoms with Crippen molar-refractivity contribution in [1.82, 2.24) is 74.4 Å². The van der Waals surface area contributed by atoms with E-state index in [2.05, 4.69) is 54.3 Å². The molecule has 2 saturated heterocycles. The molecule has 12 aromatic rings. The van der Waals surface area contributed by atoms with Crippen LogP contribution in [-0.2, 0) is 14.4 Å². The molecular weight excluding hydrogens is 1260 g/mol. The first-order valence-corrected chi connectivity index (χ1v) is 33.0. The number of amides is 3. The van der Waals surface area contributed by atoms with Crippen LogP contribution in [0.1, 0.15) is 69.5 Å². The van der Waals surface area contributed by atoms with E-state index in [1.54, 1.807) is 4.90 Å². The standard InChI is InChI=1S/C26H26N6O2.C25H22N6O2.C25H24N6O2/c1-2-22(33)30-18-10-12-19(13-11-18)32-26-23(25(27)28-16-29-26)24(31-32)17-8-14-21(15-9-17)34-20-6-4-3-5-7-20;1-2-21(32)30-14-6-7-18(15-30)31-25-22(24(26)27-16-28-25)23(29-31)17-10-12-20(13-11-17)33-19-8-4-3-5-9-19;1-2-21(32)30-14-12-18(13-15-30)31-25-22(24(26)27-16-28-25)23(29-31)17-8-10-20(11-9-17)33-19-6-4-3-5-7-19/h2-9,14-16,18-19H,1,10-13H2,(H,30,33)(H2,27,28,29);1,3-5,8-13,16,18H,6-7,14-15H2,(H2,26,27,28);2-11,16,18H,1,12-15H2,(H2,26,27,28). The molecule has 100 heavy (non-hydrogen) atoms. The Kier molecular flexibility index (Phi) is 19.8. The number of rotatable bonds is 15. The second-order valence-electron chi connectivity index (χ2n) is 24.2. The molecular formula is C76H72N18O6. The molecule has 3 amide bonds. The van der Waals surface area contributed by atoms with E-state index in [4.69, 9.17) is 53.1 Å². The molecule has 1 atom stereocenters. The largest absolute Gasteiger partial charge is 0.457 e. The lowest BCUT2D eigenvalue weighted by Gasteiger charge is -2.31. The number of fused-ring (bicyclic) bond motifs is 3. The van der Waals surface area contributed by atoms with Crippen molar-refractivity contribution >= 4 is 68.3 Å². The minimum Gasteiger partial charge on any atom is -0.457 e. The van der Waals surface area contributed by atoms with Crippen molar-refractivity contribution in [3.05, 3.63) is 208 Å². The van der Waals surface area contributed by atoms with Crippen molar-refractivity contribution in [1.29, 1.82) is 0 Å². The van der Waals surface area contributed by atoms with Gasteiger partial charge in [-0.15, -0.1) is 6.42 Å². The summed E-state index contributed by atoms with van der Waals surface area (Å²) in [5, 5.41) is 19.9. The lowest BCUT2D eigenvalue weighted by atomic mass is 9.91. The highest BCUT2D eigenvalue weighted by atomic mass is 16.5. The van der Waals surface area contributed by atoms with Crippen LogP contribution in [0.25, 0.3) is 66.9 Å². The van der Waals surface area contributed by atoms with Crippen LogP contribution in [-0.4, -0.2) is 119 Å². The number of nitrogen functional groups attached to an aromatic ring is 3. The number of likely N-dealkylation sites (tertiary alicyclic amines) is 2. The number of anilines is 3. The Hall–Kier alpha value is -12.8. The number of ether oxygens (including phenoxy) is 3. The molecule has 1 unspecified atom stereocenters. The Bertz CT molecular complexity index is 4930. The third-order valence-electron chi connectivity index (χ3n) is 17.9. The van der Waals surface area contributed by atoms with Gasteiger partial charge in [0.1, 0.15) is 88.0 Å². The van der Waals surface area contributed by atoms with Crippen LogP contribution in [0.2, 0.25) is 0 Å². The minimum atomic E-state index is -0.306. The fourth-order valence-corrected chi connectivity index (χ4v) is 12.9. The number of nitrogens with one attached hydrogen (secondary N) is 1. The van der Waals surface area contributed by atoms with Crippen LogP contribution >= 0.6 is 0 Å². The van der Waals surface area contributed by atoms with E-state index < -0.39 is 0 Å². The van der Waals surface area contributed by atoms with Crippen LogP contribution in [0.3, 0.4) is 0 Å². The summed E-state index contributed by atoms with van der Waals surface area (Å²) in [6.45, 7) is 9.54. The number of aromatic nitrogens is 12. The summed E-state index contributed by atoms with van der Waals surface area (Å²) in [7, 11) is 0. The number of piperidine rings is 2. The summed E-state index contributed by atoms with van der Waals surface area (Å²) in [5.74, 6) is 7.40. The molecule has 0 bridgehead atoms. The Balaban J connectivity index is 0.000000134. The molecule has 0 radical (unpaired) electrons. The zero-order valence-corrected chi connectivity index (χ0v) is 54.7. The summed E-state index contributed by atoms with van der Waals surface area (Å²) in [6, 6.07) is 52.4. The third kappa shape index (κ3) is 14.6. The normalized spacial score (nSPS) is 16.1. The number of carbonyl (C=O) groups excluding carboxylic acids is 3. The van der Waals surface area contributed by atoms with Crippen LogP contribution < -0.4 is 36.7 Å². The Morgan fingerprint density at radius 2 is 0.820 bits per heavy atom. The van der Waals surface area contributed by atoms with Gasteiger partial charge in [-0.1, -0.05) is 67.8 Å². The second-order valence-corrected chi connectivity index (χ2v) is 24.2. The molecule has 6 aromatic carbocycles. The fourth-order valence-electron chi connectivity index (χ4n) is 12.9. The topological polar surface area (TPSA) is 306 Å². The zero-order chi connectivity index (χ0) is 69.1. The smallest absolute Gasteiger partial charge is 0.298 e. The number of hydrogen-bond acceptors (Lipinski definition) is 18. The molecule has 3 aliphatic rings. The van der Waals surface area contributed by atoms with Crippen LogP contribution in [0.15, 0.2) is 208 Å². The van der Waals surface area contributed by atoms with Crippen LogP contribution in [0, 0.1) is 12.3 Å². The third-order valence-corrected chi connectivity index (χ3v) is 17.9. The lowest BCUT2D eigenvalue weighted by Crippen LogP contribution is -2.40. The van der Waals surface area contributed by atoms with Crippen molar-refractivity contribution in [2.75, 3.05) is 43.4 Å². The first-order valence-electron chi connectivity index (χ1n) is 33.0. The summed E-state index contributed by atoms with van der Waals surface area (Å²) >= 11 is 0. The number of nitrogens with two attached hydrogens (primary N) is 3. The van der Waals surface area contributed by atoms with Crippen LogP contribution in [0.5, 0.6) is 34.5 Å². The lowest BCUT2D eigenvalue weighted by molar-refractivity contribution is -0.127. The van der Waals surface area contributed by atoms with Gasteiger partial charge in [-0.25, -0.2) is 43.9 Å². The van der Waals surface area contributed by atoms with Gasteiger partial charge in [0.05, 0.1) is 34.3 Å². The van der Waals surface area contributed by atoms with Crippen molar-refractivity contribution in [3.63, 3.8) is 0 Å². The monoisotopic (exact) mass is 1330 g/mol. The van der Waals surface area contributed by atoms with E-state index in [0.29, 0.717) is 71.8 Å². The van der Waals surface area contributed by atoms with Gasteiger partial charge in [0.2, 0.25) is 11.8 Å². The van der Waals surface area contributed by atoms with Crippen LogP contribution in [0.4, 0.5) is 17.5 Å². The summed E-state index contributed by atoms with van der Waals surface area (Å²) in [4.78, 5) is 65.2. The quantitative estimate of drug-likeness (QED) is 0.0547. The van der Waals surface area contributed by atoms with E-state index in [-0.39, 0.29) is 41.9 Å². The van der Waals surface area contributed by atoms with E-state index in [1.165, 1.54) is 31.1 Å². The molecule has 1 saturated carbocycles. The number of nitrogens with zero attached hydrogens (tertiary/aromatic N) is 14. The van der Waals surface area contributed by atoms with Gasteiger partial charge in [-0.05, 0) is 179 Å².